The molecule has 1 fully saturated rings. The van der Waals surface area contributed by atoms with Gasteiger partial charge in [-0.15, -0.1) is 0 Å². The van der Waals surface area contributed by atoms with Crippen LogP contribution in [-0.2, 0) is 19.1 Å². The Labute approximate surface area is 217 Å². The molecule has 0 aromatic heterocycles. The lowest BCUT2D eigenvalue weighted by atomic mass is 9.82. The number of rotatable bonds is 6. The lowest BCUT2D eigenvalue weighted by Gasteiger charge is -2.35. The van der Waals surface area contributed by atoms with Crippen LogP contribution in [0.1, 0.15) is 30.4 Å². The number of aldehydes is 1. The van der Waals surface area contributed by atoms with E-state index in [0.29, 0.717) is 17.4 Å². The molecule has 12 nitrogen and oxygen atoms in total. The van der Waals surface area contributed by atoms with E-state index in [1.54, 1.807) is 0 Å². The summed E-state index contributed by atoms with van der Waals surface area (Å²) >= 11 is 0. The molecule has 1 aliphatic carbocycles. The molecule has 0 radical (unpaired) electrons. The number of carboxylic acids is 1. The largest absolute Gasteiger partial charge is 0.504 e. The molecule has 206 valence electrons. The highest BCUT2D eigenvalue weighted by Crippen LogP contribution is 2.29. The average Bonchev–Trinajstić information content (AvgIpc) is 2.89. The Hall–Kier alpha value is -4.39. The number of carbonyl (C=O) groups is 3. The van der Waals surface area contributed by atoms with Crippen LogP contribution in [0, 0.1) is 0 Å². The van der Waals surface area contributed by atoms with Gasteiger partial charge in [0.2, 0.25) is 0 Å². The maximum absolute atomic E-state index is 11.7. The SMILES string of the molecule is CO.O=C(O)/C=C/c1ccc(O)c(O)c1.O=C[C@@]1(O)CC[C@H](OC(=O)/C=C/c2ccc(O)c(O)c2)[C@H](O)C1. The standard InChI is InChI=1S/C16H18O7.C9H8O4.CH4O/c17-9-16(22)6-5-14(13(20)8-16)23-15(21)4-2-10-1-3-11(18)12(19)7-10;10-7-3-1-6(5-8(7)11)2-4-9(12)13;1-2/h1-4,7,9,13-14,18-20,22H,5-6,8H2;1-5,10-11H,(H,12,13);2H,1H3/b2*4-2+;/t13-,14+,16-;;/m1../s1. The van der Waals surface area contributed by atoms with Gasteiger partial charge in [0.15, 0.2) is 29.3 Å². The Bertz CT molecular complexity index is 1160. The first-order valence-electron chi connectivity index (χ1n) is 11.1. The molecule has 12 heteroatoms. The first kappa shape index (κ1) is 31.6. The normalized spacial score (nSPS) is 20.5. The zero-order valence-electron chi connectivity index (χ0n) is 20.3. The van der Waals surface area contributed by atoms with Crippen molar-refractivity contribution in [2.24, 2.45) is 0 Å². The molecule has 0 spiro atoms. The number of aliphatic hydroxyl groups is 3. The number of carbonyl (C=O) groups excluding carboxylic acids is 2. The molecular weight excluding hydrogens is 504 g/mol. The zero-order valence-corrected chi connectivity index (χ0v) is 20.3. The number of aromatic hydroxyl groups is 4. The Balaban J connectivity index is 0.000000408. The second kappa shape index (κ2) is 15.0. The van der Waals surface area contributed by atoms with Crippen LogP contribution in [0.4, 0.5) is 0 Å². The summed E-state index contributed by atoms with van der Waals surface area (Å²) in [5.41, 5.74) is -0.573. The van der Waals surface area contributed by atoms with Crippen molar-refractivity contribution in [2.75, 3.05) is 7.11 Å². The number of benzene rings is 2. The van der Waals surface area contributed by atoms with Gasteiger partial charge in [-0.2, -0.15) is 0 Å². The van der Waals surface area contributed by atoms with Crippen LogP contribution >= 0.6 is 0 Å². The van der Waals surface area contributed by atoms with Crippen LogP contribution in [-0.4, -0.2) is 84.0 Å². The quantitative estimate of drug-likeness (QED) is 0.114. The lowest BCUT2D eigenvalue weighted by molar-refractivity contribution is -0.161. The van der Waals surface area contributed by atoms with Crippen LogP contribution in [0.2, 0.25) is 0 Å². The van der Waals surface area contributed by atoms with Crippen molar-refractivity contribution in [3.05, 3.63) is 59.7 Å². The van der Waals surface area contributed by atoms with E-state index < -0.39 is 29.7 Å². The van der Waals surface area contributed by atoms with E-state index in [1.807, 2.05) is 0 Å². The second-order valence-corrected chi connectivity index (χ2v) is 8.01. The number of carboxylic acid groups (broad SMARTS) is 1. The number of esters is 1. The van der Waals surface area contributed by atoms with Gasteiger partial charge in [0.25, 0.3) is 0 Å². The molecule has 3 atom stereocenters. The minimum absolute atomic E-state index is 0.112. The van der Waals surface area contributed by atoms with E-state index in [0.717, 1.165) is 19.3 Å². The second-order valence-electron chi connectivity index (χ2n) is 8.01. The third-order valence-electron chi connectivity index (χ3n) is 5.17. The Morgan fingerprint density at radius 1 is 0.895 bits per heavy atom. The predicted molar refractivity (Wildman–Crippen MR) is 134 cm³/mol. The van der Waals surface area contributed by atoms with Crippen LogP contribution < -0.4 is 0 Å². The fourth-order valence-electron chi connectivity index (χ4n) is 3.23. The van der Waals surface area contributed by atoms with Crippen molar-refractivity contribution in [3.63, 3.8) is 0 Å². The maximum atomic E-state index is 11.7. The van der Waals surface area contributed by atoms with Crippen molar-refractivity contribution in [1.82, 2.24) is 0 Å². The molecule has 0 bridgehead atoms. The van der Waals surface area contributed by atoms with E-state index >= 15 is 0 Å². The van der Waals surface area contributed by atoms with Gasteiger partial charge in [-0.25, -0.2) is 9.59 Å². The van der Waals surface area contributed by atoms with Gasteiger partial charge >= 0.3 is 11.9 Å². The Morgan fingerprint density at radius 2 is 1.39 bits per heavy atom. The minimum Gasteiger partial charge on any atom is -0.504 e. The molecule has 8 N–H and O–H groups in total. The van der Waals surface area contributed by atoms with Crippen LogP contribution in [0.15, 0.2) is 48.6 Å². The summed E-state index contributed by atoms with van der Waals surface area (Å²) in [4.78, 5) is 32.6. The molecule has 2 aromatic carbocycles. The molecule has 0 unspecified atom stereocenters. The zero-order chi connectivity index (χ0) is 28.9. The van der Waals surface area contributed by atoms with Gasteiger partial charge in [-0.05, 0) is 60.4 Å². The number of hydrogen-bond acceptors (Lipinski definition) is 11. The summed E-state index contributed by atoms with van der Waals surface area (Å²) in [6, 6.07) is 8.11. The monoisotopic (exact) mass is 534 g/mol. The molecule has 1 saturated carbocycles. The number of hydrogen-bond donors (Lipinski definition) is 8. The third-order valence-corrected chi connectivity index (χ3v) is 5.17. The van der Waals surface area contributed by atoms with Crippen molar-refractivity contribution >= 4 is 30.4 Å². The molecular formula is C26H30O12. The highest BCUT2D eigenvalue weighted by Gasteiger charge is 2.40. The fourth-order valence-corrected chi connectivity index (χ4v) is 3.23. The van der Waals surface area contributed by atoms with Crippen LogP contribution in [0.25, 0.3) is 12.2 Å². The molecule has 0 saturated heterocycles. The van der Waals surface area contributed by atoms with E-state index in [4.69, 9.17) is 25.2 Å². The van der Waals surface area contributed by atoms with Crippen LogP contribution in [0.5, 0.6) is 23.0 Å². The summed E-state index contributed by atoms with van der Waals surface area (Å²) in [5.74, 6) is -2.83. The number of phenols is 4. The number of phenolic OH excluding ortho intramolecular Hbond substituents is 4. The highest BCUT2D eigenvalue weighted by molar-refractivity contribution is 5.87. The molecule has 1 aliphatic rings. The first-order chi connectivity index (χ1) is 17.9. The third kappa shape index (κ3) is 10.3. The van der Waals surface area contributed by atoms with Gasteiger partial charge < -0.3 is 50.4 Å². The maximum Gasteiger partial charge on any atom is 0.331 e. The fraction of sp³-hybridized carbons (Fsp3) is 0.269. The summed E-state index contributed by atoms with van der Waals surface area (Å²) in [7, 11) is 1.00. The summed E-state index contributed by atoms with van der Waals surface area (Å²) in [6.45, 7) is 0. The van der Waals surface area contributed by atoms with E-state index in [-0.39, 0.29) is 42.3 Å². The summed E-state index contributed by atoms with van der Waals surface area (Å²) in [5, 5.41) is 71.4. The molecule has 38 heavy (non-hydrogen) atoms. The Morgan fingerprint density at radius 3 is 1.82 bits per heavy atom. The topological polar surface area (TPSA) is 222 Å². The summed E-state index contributed by atoms with van der Waals surface area (Å²) < 4.78 is 5.10. The Kier molecular flexibility index (Phi) is 12.5. The van der Waals surface area contributed by atoms with E-state index in [9.17, 15) is 34.8 Å². The van der Waals surface area contributed by atoms with Crippen molar-refractivity contribution < 1.29 is 60.0 Å². The molecule has 0 heterocycles. The van der Waals surface area contributed by atoms with Crippen LogP contribution in [0.3, 0.4) is 0 Å². The van der Waals surface area contributed by atoms with Crippen molar-refractivity contribution in [3.8, 4) is 23.0 Å². The lowest BCUT2D eigenvalue weighted by Crippen LogP contribution is -2.47. The average molecular weight is 535 g/mol. The van der Waals surface area contributed by atoms with Crippen molar-refractivity contribution in [2.45, 2.75) is 37.1 Å². The van der Waals surface area contributed by atoms with Gasteiger partial charge in [-0.1, -0.05) is 12.1 Å². The van der Waals surface area contributed by atoms with Gasteiger partial charge in [0, 0.05) is 25.7 Å². The molecule has 0 aliphatic heterocycles. The van der Waals surface area contributed by atoms with Gasteiger partial charge in [0.1, 0.15) is 11.7 Å². The smallest absolute Gasteiger partial charge is 0.331 e. The first-order valence-corrected chi connectivity index (χ1v) is 11.1. The predicted octanol–water partition coefficient (Wildman–Crippen LogP) is 1.30. The molecule has 3 rings (SSSR count). The van der Waals surface area contributed by atoms with Gasteiger partial charge in [-0.3, -0.25) is 0 Å². The molecule has 2 aromatic rings. The number of aliphatic carboxylic acids is 1. The highest BCUT2D eigenvalue weighted by atomic mass is 16.6. The summed E-state index contributed by atoms with van der Waals surface area (Å²) in [6.07, 6.45) is 3.38. The van der Waals surface area contributed by atoms with Crippen molar-refractivity contribution in [1.29, 1.82) is 0 Å². The number of ether oxygens (including phenoxy) is 1. The van der Waals surface area contributed by atoms with E-state index in [2.05, 4.69) is 0 Å². The van der Waals surface area contributed by atoms with Gasteiger partial charge in [0.05, 0.1) is 6.10 Å². The molecule has 0 amide bonds. The van der Waals surface area contributed by atoms with E-state index in [1.165, 1.54) is 48.6 Å². The number of aliphatic hydroxyl groups excluding tert-OH is 2. The minimum atomic E-state index is -1.57.